The van der Waals surface area contributed by atoms with Gasteiger partial charge >= 0.3 is 0 Å². The Morgan fingerprint density at radius 3 is 2.48 bits per heavy atom. The number of ether oxygens (including phenoxy) is 1. The van der Waals surface area contributed by atoms with Gasteiger partial charge in [-0.25, -0.2) is 4.68 Å². The van der Waals surface area contributed by atoms with Gasteiger partial charge in [-0.3, -0.25) is 4.79 Å². The summed E-state index contributed by atoms with van der Waals surface area (Å²) in [5.74, 6) is 0.534. The fraction of sp³-hybridized carbons (Fsp3) is 0.667. The van der Waals surface area contributed by atoms with E-state index in [0.29, 0.717) is 12.4 Å². The fourth-order valence-electron chi connectivity index (χ4n) is 1.98. The number of amides is 1. The monoisotopic (exact) mass is 321 g/mol. The lowest BCUT2D eigenvalue weighted by molar-refractivity contribution is -0.126. The van der Waals surface area contributed by atoms with Crippen LogP contribution in [0.1, 0.15) is 60.6 Å². The van der Waals surface area contributed by atoms with E-state index >= 15 is 0 Å². The summed E-state index contributed by atoms with van der Waals surface area (Å²) in [5.41, 5.74) is 0.643. The number of carbonyl (C=O) groups is 1. The Bertz CT molecular complexity index is 548. The van der Waals surface area contributed by atoms with Crippen LogP contribution < -0.4 is 5.32 Å². The summed E-state index contributed by atoms with van der Waals surface area (Å²) in [6, 6.07) is 1.94. The Hall–Kier alpha value is -1.62. The van der Waals surface area contributed by atoms with E-state index in [-0.39, 0.29) is 16.9 Å². The van der Waals surface area contributed by atoms with Gasteiger partial charge in [0.1, 0.15) is 11.9 Å². The van der Waals surface area contributed by atoms with Gasteiger partial charge in [0.2, 0.25) is 0 Å². The highest BCUT2D eigenvalue weighted by Gasteiger charge is 2.26. The highest BCUT2D eigenvalue weighted by atomic mass is 16.5. The molecule has 0 radical (unpaired) electrons. The predicted octanol–water partition coefficient (Wildman–Crippen LogP) is 3.86. The number of aromatic nitrogens is 2. The van der Waals surface area contributed by atoms with Crippen LogP contribution in [-0.4, -0.2) is 28.4 Å². The van der Waals surface area contributed by atoms with E-state index in [9.17, 15) is 4.79 Å². The SMILES string of the molecule is C=CCCOC(C)C(=O)Nc1cc(C(C)(C)C)nn1C(C)(C)C. The van der Waals surface area contributed by atoms with Crippen LogP contribution in [0.25, 0.3) is 0 Å². The van der Waals surface area contributed by atoms with Gasteiger partial charge in [-0.2, -0.15) is 5.10 Å². The molecule has 0 spiro atoms. The van der Waals surface area contributed by atoms with Crippen molar-refractivity contribution in [1.82, 2.24) is 9.78 Å². The molecule has 0 aliphatic heterocycles. The molecule has 1 heterocycles. The summed E-state index contributed by atoms with van der Waals surface area (Å²) >= 11 is 0. The van der Waals surface area contributed by atoms with Crippen LogP contribution in [-0.2, 0) is 20.5 Å². The van der Waals surface area contributed by atoms with Gasteiger partial charge in [0.15, 0.2) is 0 Å². The Kier molecular flexibility index (Phi) is 6.17. The summed E-state index contributed by atoms with van der Waals surface area (Å²) in [6.07, 6.45) is 1.98. The molecule has 1 N–H and O–H groups in total. The second-order valence-corrected chi connectivity index (χ2v) is 7.83. The number of nitrogens with one attached hydrogen (secondary N) is 1. The van der Waals surface area contributed by atoms with Gasteiger partial charge in [-0.15, -0.1) is 6.58 Å². The first-order valence-electron chi connectivity index (χ1n) is 8.11. The van der Waals surface area contributed by atoms with Crippen LogP contribution >= 0.6 is 0 Å². The molecule has 0 saturated carbocycles. The summed E-state index contributed by atoms with van der Waals surface area (Å²) in [6.45, 7) is 18.4. The van der Waals surface area contributed by atoms with E-state index in [4.69, 9.17) is 4.74 Å². The number of anilines is 1. The molecule has 1 amide bonds. The van der Waals surface area contributed by atoms with E-state index in [2.05, 4.69) is 58.5 Å². The molecule has 1 aromatic rings. The lowest BCUT2D eigenvalue weighted by atomic mass is 9.92. The van der Waals surface area contributed by atoms with Crippen LogP contribution in [0.3, 0.4) is 0 Å². The summed E-state index contributed by atoms with van der Waals surface area (Å²) in [5, 5.41) is 7.64. The minimum atomic E-state index is -0.517. The van der Waals surface area contributed by atoms with Crippen LogP contribution in [0.4, 0.5) is 5.82 Å². The zero-order valence-electron chi connectivity index (χ0n) is 15.6. The highest BCUT2D eigenvalue weighted by Crippen LogP contribution is 2.28. The van der Waals surface area contributed by atoms with E-state index in [0.717, 1.165) is 12.1 Å². The number of hydrogen-bond donors (Lipinski definition) is 1. The molecule has 1 unspecified atom stereocenters. The number of hydrogen-bond acceptors (Lipinski definition) is 3. The Balaban J connectivity index is 2.96. The van der Waals surface area contributed by atoms with Crippen LogP contribution in [0.2, 0.25) is 0 Å². The topological polar surface area (TPSA) is 56.1 Å². The first kappa shape index (κ1) is 19.4. The van der Waals surface area contributed by atoms with E-state index in [1.54, 1.807) is 13.0 Å². The Morgan fingerprint density at radius 1 is 1.39 bits per heavy atom. The molecule has 1 aromatic heterocycles. The highest BCUT2D eigenvalue weighted by molar-refractivity contribution is 5.93. The quantitative estimate of drug-likeness (QED) is 0.639. The molecule has 0 aliphatic carbocycles. The smallest absolute Gasteiger partial charge is 0.254 e. The van der Waals surface area contributed by atoms with Crippen molar-refractivity contribution in [3.05, 3.63) is 24.4 Å². The van der Waals surface area contributed by atoms with E-state index < -0.39 is 6.10 Å². The lowest BCUT2D eigenvalue weighted by Gasteiger charge is -2.23. The lowest BCUT2D eigenvalue weighted by Crippen LogP contribution is -2.32. The van der Waals surface area contributed by atoms with Crippen molar-refractivity contribution in [2.24, 2.45) is 0 Å². The first-order chi connectivity index (χ1) is 10.5. The Labute approximate surface area is 140 Å². The molecular formula is C18H31N3O2. The van der Waals surface area contributed by atoms with Gasteiger partial charge in [0.05, 0.1) is 17.8 Å². The minimum absolute atomic E-state index is 0.0813. The molecule has 23 heavy (non-hydrogen) atoms. The molecule has 1 atom stereocenters. The van der Waals surface area contributed by atoms with Crippen molar-refractivity contribution in [2.45, 2.75) is 71.9 Å². The third kappa shape index (κ3) is 5.50. The van der Waals surface area contributed by atoms with Crippen LogP contribution in [0, 0.1) is 0 Å². The summed E-state index contributed by atoms with van der Waals surface area (Å²) in [7, 11) is 0. The van der Waals surface area contributed by atoms with Gasteiger partial charge in [0.25, 0.3) is 5.91 Å². The fourth-order valence-corrected chi connectivity index (χ4v) is 1.98. The molecule has 0 saturated heterocycles. The maximum atomic E-state index is 12.3. The second kappa shape index (κ2) is 7.30. The van der Waals surface area contributed by atoms with E-state index in [1.807, 2.05) is 10.7 Å². The van der Waals surface area contributed by atoms with Crippen molar-refractivity contribution >= 4 is 11.7 Å². The van der Waals surface area contributed by atoms with Gasteiger partial charge in [-0.1, -0.05) is 26.8 Å². The maximum absolute atomic E-state index is 12.3. The van der Waals surface area contributed by atoms with Crippen molar-refractivity contribution < 1.29 is 9.53 Å². The van der Waals surface area contributed by atoms with Gasteiger partial charge in [0, 0.05) is 11.5 Å². The number of rotatable bonds is 6. The van der Waals surface area contributed by atoms with Gasteiger partial charge in [-0.05, 0) is 34.1 Å². The van der Waals surface area contributed by atoms with Crippen molar-refractivity contribution in [3.63, 3.8) is 0 Å². The number of carbonyl (C=O) groups excluding carboxylic acids is 1. The molecular weight excluding hydrogens is 290 g/mol. The molecule has 0 fully saturated rings. The molecule has 0 aromatic carbocycles. The summed E-state index contributed by atoms with van der Waals surface area (Å²) in [4.78, 5) is 12.3. The van der Waals surface area contributed by atoms with Gasteiger partial charge < -0.3 is 10.1 Å². The zero-order chi connectivity index (χ0) is 17.8. The van der Waals surface area contributed by atoms with E-state index in [1.165, 1.54) is 0 Å². The normalized spacial score (nSPS) is 13.7. The number of nitrogens with zero attached hydrogens (tertiary/aromatic N) is 2. The average molecular weight is 321 g/mol. The first-order valence-corrected chi connectivity index (χ1v) is 8.11. The Morgan fingerprint density at radius 2 is 2.00 bits per heavy atom. The molecule has 0 aliphatic rings. The molecule has 5 heteroatoms. The third-order valence-corrected chi connectivity index (χ3v) is 3.42. The predicted molar refractivity (Wildman–Crippen MR) is 94.8 cm³/mol. The average Bonchev–Trinajstić information content (AvgIpc) is 2.82. The molecule has 0 bridgehead atoms. The molecule has 5 nitrogen and oxygen atoms in total. The maximum Gasteiger partial charge on any atom is 0.254 e. The second-order valence-electron chi connectivity index (χ2n) is 7.83. The standard InChI is InChI=1S/C18H31N3O2/c1-9-10-11-23-13(2)16(22)19-15-12-14(17(3,4)5)20-21(15)18(6,7)8/h9,12-13H,1,10-11H2,2-8H3,(H,19,22). The zero-order valence-corrected chi connectivity index (χ0v) is 15.6. The van der Waals surface area contributed by atoms with Crippen molar-refractivity contribution in [3.8, 4) is 0 Å². The van der Waals surface area contributed by atoms with Crippen LogP contribution in [0.15, 0.2) is 18.7 Å². The largest absolute Gasteiger partial charge is 0.368 e. The minimum Gasteiger partial charge on any atom is -0.368 e. The van der Waals surface area contributed by atoms with Crippen LogP contribution in [0.5, 0.6) is 0 Å². The van der Waals surface area contributed by atoms with Crippen molar-refractivity contribution in [2.75, 3.05) is 11.9 Å². The molecule has 130 valence electrons. The molecule has 1 rings (SSSR count). The van der Waals surface area contributed by atoms with Crippen molar-refractivity contribution in [1.29, 1.82) is 0 Å². The third-order valence-electron chi connectivity index (χ3n) is 3.42. The summed E-state index contributed by atoms with van der Waals surface area (Å²) < 4.78 is 7.37.